The topological polar surface area (TPSA) is 24.7 Å². The number of aliphatic imine (C=N–C) groups is 2. The van der Waals surface area contributed by atoms with Gasteiger partial charge in [0.1, 0.15) is 0 Å². The number of allylic oxidation sites excluding steroid dienone is 4. The molecule has 0 fully saturated rings. The number of para-hydroxylation sites is 2. The highest BCUT2D eigenvalue weighted by Gasteiger charge is 2.09. The van der Waals surface area contributed by atoms with Crippen molar-refractivity contribution in [2.75, 3.05) is 0 Å². The molecule has 49 heavy (non-hydrogen) atoms. The SMILES string of the molecule is CCCCCCCCCCC=CCCc1ccccc1N=C(C)C(CCCC)=Nc1ccccc1CCC=CCCCCCCCCCC. The van der Waals surface area contributed by atoms with Crippen molar-refractivity contribution in [2.24, 2.45) is 9.98 Å². The molecule has 2 aromatic carbocycles. The van der Waals surface area contributed by atoms with Gasteiger partial charge in [0.05, 0.1) is 22.8 Å². The van der Waals surface area contributed by atoms with Gasteiger partial charge < -0.3 is 0 Å². The van der Waals surface area contributed by atoms with Crippen LogP contribution >= 0.6 is 0 Å². The highest BCUT2D eigenvalue weighted by Crippen LogP contribution is 2.25. The molecule has 0 N–H and O–H groups in total. The molecule has 0 heterocycles. The Balaban J connectivity index is 1.92. The molecule has 0 aliphatic heterocycles. The van der Waals surface area contributed by atoms with E-state index in [1.807, 2.05) is 0 Å². The molecule has 0 amide bonds. The van der Waals surface area contributed by atoms with Crippen LogP contribution in [0.5, 0.6) is 0 Å². The van der Waals surface area contributed by atoms with E-state index in [1.165, 1.54) is 127 Å². The van der Waals surface area contributed by atoms with Crippen LogP contribution in [0.15, 0.2) is 82.8 Å². The van der Waals surface area contributed by atoms with Crippen molar-refractivity contribution >= 4 is 22.8 Å². The number of unbranched alkanes of at least 4 members (excludes halogenated alkanes) is 17. The number of rotatable bonds is 30. The maximum absolute atomic E-state index is 5.28. The van der Waals surface area contributed by atoms with Gasteiger partial charge in [0.2, 0.25) is 0 Å². The van der Waals surface area contributed by atoms with E-state index in [0.717, 1.165) is 67.7 Å². The van der Waals surface area contributed by atoms with Gasteiger partial charge >= 0.3 is 0 Å². The minimum Gasteiger partial charge on any atom is -0.252 e. The Morgan fingerprint density at radius 1 is 0.449 bits per heavy atom. The Labute approximate surface area is 304 Å². The molecule has 0 aliphatic rings. The predicted octanol–water partition coefficient (Wildman–Crippen LogP) is 15.8. The lowest BCUT2D eigenvalue weighted by Crippen LogP contribution is -2.10. The third-order valence-electron chi connectivity index (χ3n) is 9.65. The normalized spacial score (nSPS) is 12.6. The van der Waals surface area contributed by atoms with Crippen LogP contribution in [0.1, 0.15) is 187 Å². The van der Waals surface area contributed by atoms with E-state index in [2.05, 4.69) is 101 Å². The van der Waals surface area contributed by atoms with Crippen LogP contribution in [0, 0.1) is 0 Å². The monoisotopic (exact) mass is 667 g/mol. The zero-order valence-electron chi connectivity index (χ0n) is 32.5. The molecule has 0 saturated heterocycles. The van der Waals surface area contributed by atoms with Crippen LogP contribution in [-0.2, 0) is 12.8 Å². The number of nitrogens with zero attached hydrogens (tertiary/aromatic N) is 2. The second kappa shape index (κ2) is 30.1. The first-order chi connectivity index (χ1) is 24.2. The first-order valence-corrected chi connectivity index (χ1v) is 20.8. The molecule has 2 aromatic rings. The van der Waals surface area contributed by atoms with E-state index in [1.54, 1.807) is 0 Å². The molecule has 0 aliphatic carbocycles. The van der Waals surface area contributed by atoms with Crippen LogP contribution in [-0.4, -0.2) is 11.4 Å². The van der Waals surface area contributed by atoms with Crippen LogP contribution in [0.4, 0.5) is 11.4 Å². The zero-order valence-corrected chi connectivity index (χ0v) is 32.5. The standard InChI is InChI=1S/C47H74N2/c1-5-8-11-13-15-17-19-21-23-25-27-29-35-43-37-31-33-40-46(43)48-42(4)45(39-10-7-3)49-47-41-34-32-38-44(47)36-30-28-26-24-22-20-18-16-14-12-9-6-2/h25-28,31-34,37-38,40-41H,5-24,29-30,35-36,39H2,1-4H3. The van der Waals surface area contributed by atoms with E-state index in [0.29, 0.717) is 0 Å². The fraction of sp³-hybridized carbons (Fsp3) is 0.617. The van der Waals surface area contributed by atoms with Crippen molar-refractivity contribution in [2.45, 2.75) is 188 Å². The molecule has 0 aromatic heterocycles. The lowest BCUT2D eigenvalue weighted by molar-refractivity contribution is 0.577. The summed E-state index contributed by atoms with van der Waals surface area (Å²) in [5, 5.41) is 0. The van der Waals surface area contributed by atoms with E-state index < -0.39 is 0 Å². The minimum absolute atomic E-state index is 0.961. The third kappa shape index (κ3) is 21.2. The highest BCUT2D eigenvalue weighted by molar-refractivity contribution is 6.42. The largest absolute Gasteiger partial charge is 0.252 e. The Hall–Kier alpha value is -2.74. The van der Waals surface area contributed by atoms with Gasteiger partial charge in [0.15, 0.2) is 0 Å². The summed E-state index contributed by atoms with van der Waals surface area (Å²) in [7, 11) is 0. The van der Waals surface area contributed by atoms with Gasteiger partial charge in [-0.1, -0.05) is 178 Å². The Kier molecular flexibility index (Phi) is 26.1. The zero-order chi connectivity index (χ0) is 35.0. The first-order valence-electron chi connectivity index (χ1n) is 20.8. The molecular formula is C47H74N2. The van der Waals surface area contributed by atoms with Crippen LogP contribution in [0.25, 0.3) is 0 Å². The van der Waals surface area contributed by atoms with Gasteiger partial charge in [-0.15, -0.1) is 0 Å². The van der Waals surface area contributed by atoms with Gasteiger partial charge in [-0.05, 0) is 94.4 Å². The molecule has 0 atom stereocenters. The molecule has 0 spiro atoms. The van der Waals surface area contributed by atoms with Crippen LogP contribution in [0.2, 0.25) is 0 Å². The lowest BCUT2D eigenvalue weighted by Gasteiger charge is -2.11. The fourth-order valence-corrected chi connectivity index (χ4v) is 6.46. The Morgan fingerprint density at radius 2 is 0.837 bits per heavy atom. The fourth-order valence-electron chi connectivity index (χ4n) is 6.46. The molecule has 2 heteroatoms. The average molecular weight is 667 g/mol. The predicted molar refractivity (Wildman–Crippen MR) is 222 cm³/mol. The third-order valence-corrected chi connectivity index (χ3v) is 9.65. The van der Waals surface area contributed by atoms with Crippen LogP contribution in [0.3, 0.4) is 0 Å². The molecule has 2 rings (SSSR count). The smallest absolute Gasteiger partial charge is 0.0665 e. The van der Waals surface area contributed by atoms with Gasteiger partial charge in [0.25, 0.3) is 0 Å². The van der Waals surface area contributed by atoms with Gasteiger partial charge in [-0.3, -0.25) is 9.98 Å². The molecule has 0 bridgehead atoms. The molecule has 0 radical (unpaired) electrons. The number of benzene rings is 2. The summed E-state index contributed by atoms with van der Waals surface area (Å²) in [6.45, 7) is 9.00. The average Bonchev–Trinajstić information content (AvgIpc) is 3.12. The summed E-state index contributed by atoms with van der Waals surface area (Å²) in [6.07, 6.45) is 41.6. The Morgan fingerprint density at radius 3 is 1.31 bits per heavy atom. The summed E-state index contributed by atoms with van der Waals surface area (Å²) in [5.41, 5.74) is 7.03. The number of hydrogen-bond acceptors (Lipinski definition) is 2. The van der Waals surface area contributed by atoms with E-state index >= 15 is 0 Å². The molecule has 0 unspecified atom stereocenters. The van der Waals surface area contributed by atoms with Gasteiger partial charge in [-0.25, -0.2) is 0 Å². The lowest BCUT2D eigenvalue weighted by atomic mass is 10.0. The summed E-state index contributed by atoms with van der Waals surface area (Å²) in [6, 6.07) is 17.4. The summed E-state index contributed by atoms with van der Waals surface area (Å²) in [5.74, 6) is 0. The second-order valence-corrected chi connectivity index (χ2v) is 14.2. The molecule has 272 valence electrons. The summed E-state index contributed by atoms with van der Waals surface area (Å²) >= 11 is 0. The highest BCUT2D eigenvalue weighted by atomic mass is 14.8. The van der Waals surface area contributed by atoms with E-state index in [4.69, 9.17) is 9.98 Å². The quantitative estimate of drug-likeness (QED) is 0.0450. The van der Waals surface area contributed by atoms with E-state index in [9.17, 15) is 0 Å². The van der Waals surface area contributed by atoms with Crippen molar-refractivity contribution in [3.63, 3.8) is 0 Å². The second-order valence-electron chi connectivity index (χ2n) is 14.2. The van der Waals surface area contributed by atoms with Gasteiger partial charge in [-0.2, -0.15) is 0 Å². The van der Waals surface area contributed by atoms with Crippen molar-refractivity contribution in [3.05, 3.63) is 84.0 Å². The summed E-state index contributed by atoms with van der Waals surface area (Å²) < 4.78 is 0. The maximum Gasteiger partial charge on any atom is 0.0665 e. The maximum atomic E-state index is 5.28. The number of aryl methyl sites for hydroxylation is 2. The molecule has 0 saturated carbocycles. The van der Waals surface area contributed by atoms with Crippen molar-refractivity contribution in [1.29, 1.82) is 0 Å². The Bertz CT molecular complexity index is 1200. The first kappa shape index (κ1) is 42.4. The summed E-state index contributed by atoms with van der Waals surface area (Å²) in [4.78, 5) is 10.5. The van der Waals surface area contributed by atoms with Crippen molar-refractivity contribution in [1.82, 2.24) is 0 Å². The van der Waals surface area contributed by atoms with E-state index in [-0.39, 0.29) is 0 Å². The molecule has 2 nitrogen and oxygen atoms in total. The minimum atomic E-state index is 0.961. The molecular weight excluding hydrogens is 593 g/mol. The number of hydrogen-bond donors (Lipinski definition) is 0. The van der Waals surface area contributed by atoms with Crippen LogP contribution < -0.4 is 0 Å². The van der Waals surface area contributed by atoms with Crippen molar-refractivity contribution < 1.29 is 0 Å². The van der Waals surface area contributed by atoms with Gasteiger partial charge in [0, 0.05) is 0 Å². The van der Waals surface area contributed by atoms with Crippen molar-refractivity contribution in [3.8, 4) is 0 Å².